The van der Waals surface area contributed by atoms with E-state index >= 15 is 0 Å². The summed E-state index contributed by atoms with van der Waals surface area (Å²) in [6.45, 7) is 5.61. The Morgan fingerprint density at radius 1 is 1.10 bits per heavy atom. The van der Waals surface area contributed by atoms with E-state index in [4.69, 9.17) is 9.47 Å². The molecule has 2 aromatic rings. The third kappa shape index (κ3) is 4.63. The SMILES string of the molecule is CC(C)(C)OC(=O)OC/C=C/c1cccc2ccccc12. The van der Waals surface area contributed by atoms with Gasteiger partial charge in [-0.25, -0.2) is 4.79 Å². The van der Waals surface area contributed by atoms with E-state index in [-0.39, 0.29) is 6.61 Å². The zero-order valence-corrected chi connectivity index (χ0v) is 12.6. The van der Waals surface area contributed by atoms with Crippen molar-refractivity contribution in [2.75, 3.05) is 6.61 Å². The molecule has 0 unspecified atom stereocenters. The van der Waals surface area contributed by atoms with Gasteiger partial charge in [-0.2, -0.15) is 0 Å². The summed E-state index contributed by atoms with van der Waals surface area (Å²) in [5.41, 5.74) is 0.567. The summed E-state index contributed by atoms with van der Waals surface area (Å²) >= 11 is 0. The monoisotopic (exact) mass is 284 g/mol. The molecular weight excluding hydrogens is 264 g/mol. The van der Waals surface area contributed by atoms with Gasteiger partial charge in [0.15, 0.2) is 0 Å². The molecule has 0 saturated carbocycles. The molecule has 2 rings (SSSR count). The first-order valence-electron chi connectivity index (χ1n) is 6.96. The highest BCUT2D eigenvalue weighted by atomic mass is 16.7. The summed E-state index contributed by atoms with van der Waals surface area (Å²) in [5, 5.41) is 2.36. The van der Waals surface area contributed by atoms with Crippen molar-refractivity contribution in [2.24, 2.45) is 0 Å². The van der Waals surface area contributed by atoms with Crippen LogP contribution in [-0.2, 0) is 9.47 Å². The maximum absolute atomic E-state index is 11.4. The van der Waals surface area contributed by atoms with Crippen LogP contribution in [0.3, 0.4) is 0 Å². The molecule has 0 spiro atoms. The lowest BCUT2D eigenvalue weighted by Gasteiger charge is -2.18. The van der Waals surface area contributed by atoms with Crippen molar-refractivity contribution in [3.05, 3.63) is 54.1 Å². The van der Waals surface area contributed by atoms with Crippen LogP contribution in [0.1, 0.15) is 26.3 Å². The summed E-state index contributed by atoms with van der Waals surface area (Å²) in [4.78, 5) is 11.4. The molecule has 0 aliphatic carbocycles. The van der Waals surface area contributed by atoms with Crippen molar-refractivity contribution in [2.45, 2.75) is 26.4 Å². The van der Waals surface area contributed by atoms with Gasteiger partial charge in [-0.05, 0) is 43.2 Å². The molecule has 0 aromatic heterocycles. The lowest BCUT2D eigenvalue weighted by molar-refractivity contribution is -0.00234. The average Bonchev–Trinajstić information content (AvgIpc) is 2.42. The van der Waals surface area contributed by atoms with Gasteiger partial charge in [0.05, 0.1) is 0 Å². The van der Waals surface area contributed by atoms with Crippen molar-refractivity contribution in [3.8, 4) is 0 Å². The van der Waals surface area contributed by atoms with E-state index in [2.05, 4.69) is 18.2 Å². The fourth-order valence-electron chi connectivity index (χ4n) is 1.97. The van der Waals surface area contributed by atoms with Crippen LogP contribution in [0.2, 0.25) is 0 Å². The fraction of sp³-hybridized carbons (Fsp3) is 0.278. The second-order valence-corrected chi connectivity index (χ2v) is 5.75. The van der Waals surface area contributed by atoms with Gasteiger partial charge >= 0.3 is 6.16 Å². The van der Waals surface area contributed by atoms with E-state index in [1.165, 1.54) is 10.8 Å². The van der Waals surface area contributed by atoms with Crippen LogP contribution in [0.4, 0.5) is 4.79 Å². The van der Waals surface area contributed by atoms with Gasteiger partial charge in [0.2, 0.25) is 0 Å². The smallest absolute Gasteiger partial charge is 0.430 e. The molecule has 21 heavy (non-hydrogen) atoms. The van der Waals surface area contributed by atoms with Crippen LogP contribution in [0.15, 0.2) is 48.5 Å². The van der Waals surface area contributed by atoms with E-state index in [0.717, 1.165) is 5.56 Å². The predicted octanol–water partition coefficient (Wildman–Crippen LogP) is 4.80. The topological polar surface area (TPSA) is 35.5 Å². The van der Waals surface area contributed by atoms with Gasteiger partial charge in [-0.1, -0.05) is 48.5 Å². The van der Waals surface area contributed by atoms with Crippen molar-refractivity contribution in [3.63, 3.8) is 0 Å². The van der Waals surface area contributed by atoms with Crippen LogP contribution in [0.5, 0.6) is 0 Å². The largest absolute Gasteiger partial charge is 0.509 e. The van der Waals surface area contributed by atoms with Gasteiger partial charge in [0.1, 0.15) is 12.2 Å². The third-order valence-corrected chi connectivity index (χ3v) is 2.81. The molecule has 0 amide bonds. The molecule has 0 aliphatic rings. The number of hydrogen-bond donors (Lipinski definition) is 0. The number of carbonyl (C=O) groups is 1. The minimum absolute atomic E-state index is 0.193. The van der Waals surface area contributed by atoms with Gasteiger partial charge < -0.3 is 9.47 Å². The van der Waals surface area contributed by atoms with Gasteiger partial charge in [-0.3, -0.25) is 0 Å². The Bertz CT molecular complexity index is 646. The Morgan fingerprint density at radius 2 is 1.81 bits per heavy atom. The molecule has 0 N–H and O–H groups in total. The van der Waals surface area contributed by atoms with Crippen LogP contribution in [0.25, 0.3) is 16.8 Å². The number of benzene rings is 2. The predicted molar refractivity (Wildman–Crippen MR) is 85.2 cm³/mol. The Kier molecular flexibility index (Phi) is 4.63. The minimum Gasteiger partial charge on any atom is -0.430 e. The molecule has 110 valence electrons. The van der Waals surface area contributed by atoms with Crippen LogP contribution < -0.4 is 0 Å². The molecule has 0 atom stereocenters. The summed E-state index contributed by atoms with van der Waals surface area (Å²) in [6, 6.07) is 14.3. The number of carbonyl (C=O) groups excluding carboxylic acids is 1. The highest BCUT2D eigenvalue weighted by molar-refractivity contribution is 5.90. The van der Waals surface area contributed by atoms with Crippen molar-refractivity contribution in [1.29, 1.82) is 0 Å². The highest BCUT2D eigenvalue weighted by Crippen LogP contribution is 2.19. The maximum atomic E-state index is 11.4. The number of rotatable bonds is 3. The Balaban J connectivity index is 1.96. The zero-order valence-electron chi connectivity index (χ0n) is 12.6. The zero-order chi connectivity index (χ0) is 15.3. The molecular formula is C18H20O3. The van der Waals surface area contributed by atoms with E-state index in [9.17, 15) is 4.79 Å². The summed E-state index contributed by atoms with van der Waals surface area (Å²) in [7, 11) is 0. The quantitative estimate of drug-likeness (QED) is 0.759. The Hall–Kier alpha value is -2.29. The summed E-state index contributed by atoms with van der Waals surface area (Å²) < 4.78 is 10.1. The average molecular weight is 284 g/mol. The van der Waals surface area contributed by atoms with Crippen molar-refractivity contribution in [1.82, 2.24) is 0 Å². The normalized spacial score (nSPS) is 11.8. The first kappa shape index (κ1) is 15.1. The van der Waals surface area contributed by atoms with E-state index in [1.54, 1.807) is 20.8 Å². The fourth-order valence-corrected chi connectivity index (χ4v) is 1.97. The standard InChI is InChI=1S/C18H20O3/c1-18(2,3)21-17(19)20-13-7-11-15-10-6-9-14-8-4-5-12-16(14)15/h4-12H,13H2,1-3H3/b11-7+. The molecule has 2 aromatic carbocycles. The van der Waals surface area contributed by atoms with Crippen LogP contribution in [-0.4, -0.2) is 18.4 Å². The lowest BCUT2D eigenvalue weighted by atomic mass is 10.0. The van der Waals surface area contributed by atoms with Crippen LogP contribution in [0, 0.1) is 0 Å². The van der Waals surface area contributed by atoms with Crippen molar-refractivity contribution >= 4 is 23.0 Å². The summed E-state index contributed by atoms with van der Waals surface area (Å²) in [6.07, 6.45) is 3.11. The molecule has 0 heterocycles. The van der Waals surface area contributed by atoms with Gasteiger partial charge in [0, 0.05) is 0 Å². The molecule has 0 fully saturated rings. The minimum atomic E-state index is -0.648. The number of ether oxygens (including phenoxy) is 2. The molecule has 0 bridgehead atoms. The molecule has 3 heteroatoms. The Morgan fingerprint density at radius 3 is 2.57 bits per heavy atom. The molecule has 3 nitrogen and oxygen atoms in total. The van der Waals surface area contributed by atoms with E-state index in [0.29, 0.717) is 0 Å². The first-order valence-corrected chi connectivity index (χ1v) is 6.96. The second-order valence-electron chi connectivity index (χ2n) is 5.75. The van der Waals surface area contributed by atoms with Crippen molar-refractivity contribution < 1.29 is 14.3 Å². The highest BCUT2D eigenvalue weighted by Gasteiger charge is 2.16. The third-order valence-electron chi connectivity index (χ3n) is 2.81. The van der Waals surface area contributed by atoms with Gasteiger partial charge in [0.25, 0.3) is 0 Å². The van der Waals surface area contributed by atoms with Gasteiger partial charge in [-0.15, -0.1) is 0 Å². The Labute approximate surface area is 125 Å². The van der Waals surface area contributed by atoms with Crippen LogP contribution >= 0.6 is 0 Å². The summed E-state index contributed by atoms with van der Waals surface area (Å²) in [5.74, 6) is 0. The number of fused-ring (bicyclic) bond motifs is 1. The first-order chi connectivity index (χ1) is 9.96. The van der Waals surface area contributed by atoms with E-state index in [1.807, 2.05) is 36.4 Å². The molecule has 0 radical (unpaired) electrons. The second kappa shape index (κ2) is 6.44. The van der Waals surface area contributed by atoms with E-state index < -0.39 is 11.8 Å². The molecule has 0 aliphatic heterocycles. The molecule has 0 saturated heterocycles. The maximum Gasteiger partial charge on any atom is 0.509 e. The lowest BCUT2D eigenvalue weighted by Crippen LogP contribution is -2.24. The number of hydrogen-bond acceptors (Lipinski definition) is 3.